The van der Waals surface area contributed by atoms with E-state index in [1.807, 2.05) is 25.1 Å². The molecule has 134 valence electrons. The number of hydrogen-bond acceptors (Lipinski definition) is 3. The van der Waals surface area contributed by atoms with Crippen molar-refractivity contribution in [3.8, 4) is 0 Å². The number of nitrogens with zero attached hydrogens (tertiary/aromatic N) is 2. The number of hydrogen-bond donors (Lipinski definition) is 0. The van der Waals surface area contributed by atoms with Crippen LogP contribution in [0.4, 0.5) is 0 Å². The lowest BCUT2D eigenvalue weighted by Gasteiger charge is -2.37. The normalized spacial score (nSPS) is 18.2. The summed E-state index contributed by atoms with van der Waals surface area (Å²) in [6, 6.07) is 15.5. The Balaban J connectivity index is 1.70. The molecule has 0 bridgehead atoms. The molecule has 0 radical (unpaired) electrons. The second-order valence-corrected chi connectivity index (χ2v) is 8.78. The molecule has 1 aliphatic heterocycles. The van der Waals surface area contributed by atoms with Gasteiger partial charge in [0.25, 0.3) is 0 Å². The highest BCUT2D eigenvalue weighted by Crippen LogP contribution is 2.26. The van der Waals surface area contributed by atoms with E-state index in [1.165, 1.54) is 5.56 Å². The number of benzene rings is 2. The molecule has 0 spiro atoms. The third-order valence-electron chi connectivity index (χ3n) is 4.88. The Morgan fingerprint density at radius 1 is 1.00 bits per heavy atom. The van der Waals surface area contributed by atoms with Crippen molar-refractivity contribution in [1.29, 1.82) is 0 Å². The molecule has 0 N–H and O–H groups in total. The molecule has 1 saturated heterocycles. The first-order valence-electron chi connectivity index (χ1n) is 8.45. The average molecular weight is 379 g/mol. The van der Waals surface area contributed by atoms with Crippen molar-refractivity contribution in [1.82, 2.24) is 9.21 Å². The topological polar surface area (TPSA) is 40.6 Å². The average Bonchev–Trinajstić information content (AvgIpc) is 2.64. The molecule has 2 aromatic rings. The molecule has 4 nitrogen and oxygen atoms in total. The third kappa shape index (κ3) is 3.90. The molecule has 2 aromatic carbocycles. The van der Waals surface area contributed by atoms with Crippen molar-refractivity contribution in [2.75, 3.05) is 26.2 Å². The molecule has 0 aromatic heterocycles. The summed E-state index contributed by atoms with van der Waals surface area (Å²) < 4.78 is 27.2. The van der Waals surface area contributed by atoms with Gasteiger partial charge in [-0.15, -0.1) is 0 Å². The summed E-state index contributed by atoms with van der Waals surface area (Å²) in [5, 5.41) is 0.484. The van der Waals surface area contributed by atoms with Crippen LogP contribution >= 0.6 is 11.6 Å². The number of rotatable bonds is 4. The summed E-state index contributed by atoms with van der Waals surface area (Å²) in [5.41, 5.74) is 2.13. The maximum Gasteiger partial charge on any atom is 0.243 e. The van der Waals surface area contributed by atoms with Gasteiger partial charge >= 0.3 is 0 Å². The van der Waals surface area contributed by atoms with Crippen LogP contribution < -0.4 is 0 Å². The van der Waals surface area contributed by atoms with Crippen LogP contribution in [0.3, 0.4) is 0 Å². The maximum absolute atomic E-state index is 12.8. The summed E-state index contributed by atoms with van der Waals surface area (Å²) in [7, 11) is -3.49. The predicted octanol–water partition coefficient (Wildman–Crippen LogP) is 3.72. The number of aryl methyl sites for hydroxylation is 1. The van der Waals surface area contributed by atoms with Gasteiger partial charge in [0.15, 0.2) is 0 Å². The lowest BCUT2D eigenvalue weighted by atomic mass is 10.1. The zero-order valence-electron chi connectivity index (χ0n) is 14.5. The Morgan fingerprint density at radius 3 is 2.24 bits per heavy atom. The molecule has 1 aliphatic rings. The van der Waals surface area contributed by atoms with E-state index in [4.69, 9.17) is 11.6 Å². The quantitative estimate of drug-likeness (QED) is 0.814. The van der Waals surface area contributed by atoms with E-state index < -0.39 is 10.0 Å². The summed E-state index contributed by atoms with van der Waals surface area (Å²) in [5.74, 6) is 0. The van der Waals surface area contributed by atoms with Gasteiger partial charge in [0.05, 0.1) is 4.90 Å². The Morgan fingerprint density at radius 2 is 1.64 bits per heavy atom. The summed E-state index contributed by atoms with van der Waals surface area (Å²) in [4.78, 5) is 2.59. The first-order chi connectivity index (χ1) is 11.9. The summed E-state index contributed by atoms with van der Waals surface area (Å²) in [6.07, 6.45) is 0. The van der Waals surface area contributed by atoms with E-state index >= 15 is 0 Å². The van der Waals surface area contributed by atoms with E-state index in [2.05, 4.69) is 24.0 Å². The van der Waals surface area contributed by atoms with E-state index in [1.54, 1.807) is 22.5 Å². The van der Waals surface area contributed by atoms with E-state index in [-0.39, 0.29) is 10.9 Å². The van der Waals surface area contributed by atoms with Gasteiger partial charge in [-0.05, 0) is 37.1 Å². The maximum atomic E-state index is 12.8. The third-order valence-corrected chi connectivity index (χ3v) is 7.19. The Labute approximate surface area is 155 Å². The van der Waals surface area contributed by atoms with Crippen LogP contribution in [0, 0.1) is 6.92 Å². The SMILES string of the molecule is Cc1ccc(S(=O)(=O)N2CCN([C@@H](C)c3ccccc3)CC2)cc1Cl. The van der Waals surface area contributed by atoms with Gasteiger partial charge in [0.2, 0.25) is 10.0 Å². The molecule has 1 atom stereocenters. The molecule has 6 heteroatoms. The Kier molecular flexibility index (Phi) is 5.49. The molecule has 0 saturated carbocycles. The monoisotopic (exact) mass is 378 g/mol. The van der Waals surface area contributed by atoms with Crippen LogP contribution in [0.5, 0.6) is 0 Å². The fourth-order valence-electron chi connectivity index (χ4n) is 3.16. The van der Waals surface area contributed by atoms with Gasteiger partial charge in [-0.1, -0.05) is 48.0 Å². The van der Waals surface area contributed by atoms with Gasteiger partial charge in [-0.2, -0.15) is 4.31 Å². The Hall–Kier alpha value is -1.40. The van der Waals surface area contributed by atoms with Crippen LogP contribution in [0.1, 0.15) is 24.1 Å². The molecule has 3 rings (SSSR count). The van der Waals surface area contributed by atoms with Crippen LogP contribution in [-0.4, -0.2) is 43.8 Å². The zero-order valence-corrected chi connectivity index (χ0v) is 16.1. The second-order valence-electron chi connectivity index (χ2n) is 6.44. The molecular formula is C19H23ClN2O2S. The first-order valence-corrected chi connectivity index (χ1v) is 10.3. The van der Waals surface area contributed by atoms with Crippen molar-refractivity contribution in [3.63, 3.8) is 0 Å². The van der Waals surface area contributed by atoms with E-state index in [0.29, 0.717) is 18.1 Å². The van der Waals surface area contributed by atoms with Crippen molar-refractivity contribution in [2.45, 2.75) is 24.8 Å². The smallest absolute Gasteiger partial charge is 0.243 e. The number of sulfonamides is 1. The molecular weight excluding hydrogens is 356 g/mol. The molecule has 0 amide bonds. The summed E-state index contributed by atoms with van der Waals surface area (Å²) in [6.45, 7) is 6.45. The second kappa shape index (κ2) is 7.46. The van der Waals surface area contributed by atoms with Gasteiger partial charge in [-0.3, -0.25) is 4.90 Å². The van der Waals surface area contributed by atoms with Crippen LogP contribution in [-0.2, 0) is 10.0 Å². The minimum atomic E-state index is -3.49. The van der Waals surface area contributed by atoms with Gasteiger partial charge in [0, 0.05) is 37.2 Å². The molecule has 0 unspecified atom stereocenters. The van der Waals surface area contributed by atoms with Crippen molar-refractivity contribution in [2.24, 2.45) is 0 Å². The first kappa shape index (κ1) is 18.4. The highest BCUT2D eigenvalue weighted by Gasteiger charge is 2.30. The van der Waals surface area contributed by atoms with Crippen LogP contribution in [0.2, 0.25) is 5.02 Å². The van der Waals surface area contributed by atoms with Gasteiger partial charge < -0.3 is 0 Å². The lowest BCUT2D eigenvalue weighted by Crippen LogP contribution is -2.49. The molecule has 0 aliphatic carbocycles. The van der Waals surface area contributed by atoms with E-state index in [9.17, 15) is 8.42 Å². The predicted molar refractivity (Wildman–Crippen MR) is 101 cm³/mol. The largest absolute Gasteiger partial charge is 0.294 e. The van der Waals surface area contributed by atoms with Crippen molar-refractivity contribution < 1.29 is 8.42 Å². The fraction of sp³-hybridized carbons (Fsp3) is 0.368. The van der Waals surface area contributed by atoms with Crippen LogP contribution in [0.15, 0.2) is 53.4 Å². The number of halogens is 1. The minimum absolute atomic E-state index is 0.271. The number of piperazine rings is 1. The van der Waals surface area contributed by atoms with Gasteiger partial charge in [-0.25, -0.2) is 8.42 Å². The minimum Gasteiger partial charge on any atom is -0.294 e. The lowest BCUT2D eigenvalue weighted by molar-refractivity contribution is 0.146. The molecule has 1 heterocycles. The highest BCUT2D eigenvalue weighted by molar-refractivity contribution is 7.89. The standard InChI is InChI=1S/C19H23ClN2O2S/c1-15-8-9-18(14-19(15)20)25(23,24)22-12-10-21(11-13-22)16(2)17-6-4-3-5-7-17/h3-9,14,16H,10-13H2,1-2H3/t16-/m0/s1. The van der Waals surface area contributed by atoms with Gasteiger partial charge in [0.1, 0.15) is 0 Å². The van der Waals surface area contributed by atoms with Crippen LogP contribution in [0.25, 0.3) is 0 Å². The fourth-order valence-corrected chi connectivity index (χ4v) is 4.85. The Bertz CT molecular complexity index is 832. The zero-order chi connectivity index (χ0) is 18.0. The van der Waals surface area contributed by atoms with Crippen molar-refractivity contribution >= 4 is 21.6 Å². The molecule has 1 fully saturated rings. The summed E-state index contributed by atoms with van der Waals surface area (Å²) >= 11 is 6.10. The van der Waals surface area contributed by atoms with E-state index in [0.717, 1.165) is 18.7 Å². The highest BCUT2D eigenvalue weighted by atomic mass is 35.5. The molecule has 25 heavy (non-hydrogen) atoms. The van der Waals surface area contributed by atoms with Crippen molar-refractivity contribution in [3.05, 3.63) is 64.7 Å².